The number of allylic oxidation sites excluding steroid dienone is 1. The van der Waals surface area contributed by atoms with Gasteiger partial charge in [-0.25, -0.2) is 0 Å². The van der Waals surface area contributed by atoms with Crippen LogP contribution in [0.15, 0.2) is 11.1 Å². The van der Waals surface area contributed by atoms with Crippen molar-refractivity contribution in [3.63, 3.8) is 0 Å². The molecule has 3 heteroatoms. The van der Waals surface area contributed by atoms with Gasteiger partial charge in [-0.3, -0.25) is 0 Å². The summed E-state index contributed by atoms with van der Waals surface area (Å²) in [5.41, 5.74) is 4.22. The first-order chi connectivity index (χ1) is 11.6. The van der Waals surface area contributed by atoms with E-state index in [0.29, 0.717) is 5.41 Å². The van der Waals surface area contributed by atoms with Gasteiger partial charge in [-0.2, -0.15) is 0 Å². The molecule has 3 nitrogen and oxygen atoms in total. The normalized spacial score (nSPS) is 48.9. The lowest BCUT2D eigenvalue weighted by molar-refractivity contribution is -0.213. The van der Waals surface area contributed by atoms with Gasteiger partial charge in [0.25, 0.3) is 0 Å². The van der Waals surface area contributed by atoms with Crippen LogP contribution in [0, 0.1) is 23.2 Å². The van der Waals surface area contributed by atoms with E-state index in [-0.39, 0.29) is 11.4 Å². The third-order valence-corrected chi connectivity index (χ3v) is 8.90. The molecule has 0 unspecified atom stereocenters. The summed E-state index contributed by atoms with van der Waals surface area (Å²) in [6, 6.07) is 0. The molecular weight excluding hydrogens is 300 g/mol. The van der Waals surface area contributed by atoms with Gasteiger partial charge in [0.2, 0.25) is 0 Å². The van der Waals surface area contributed by atoms with Crippen LogP contribution in [0.5, 0.6) is 0 Å². The lowest BCUT2D eigenvalue weighted by Crippen LogP contribution is -2.47. The average molecular weight is 332 g/mol. The van der Waals surface area contributed by atoms with E-state index in [4.69, 9.17) is 14.2 Å². The molecule has 0 aromatic carbocycles. The highest BCUT2D eigenvalue weighted by Gasteiger charge is 2.68. The van der Waals surface area contributed by atoms with Crippen molar-refractivity contribution >= 4 is 0 Å². The van der Waals surface area contributed by atoms with Crippen molar-refractivity contribution in [1.82, 2.24) is 0 Å². The number of epoxide rings is 1. The molecule has 0 radical (unpaired) electrons. The Labute approximate surface area is 146 Å². The Kier molecular flexibility index (Phi) is 3.35. The summed E-state index contributed by atoms with van der Waals surface area (Å²) in [4.78, 5) is 0. The van der Waals surface area contributed by atoms with Gasteiger partial charge >= 0.3 is 0 Å². The number of fused-ring (bicyclic) bond motifs is 5. The van der Waals surface area contributed by atoms with Crippen LogP contribution in [0.3, 0.4) is 0 Å². The molecule has 1 saturated heterocycles. The quantitative estimate of drug-likeness (QED) is 0.425. The van der Waals surface area contributed by atoms with Crippen LogP contribution < -0.4 is 0 Å². The molecule has 5 rings (SSSR count). The van der Waals surface area contributed by atoms with Crippen LogP contribution in [0.25, 0.3) is 0 Å². The second-order valence-corrected chi connectivity index (χ2v) is 9.32. The van der Waals surface area contributed by atoms with Gasteiger partial charge in [-0.15, -0.1) is 0 Å². The van der Waals surface area contributed by atoms with Crippen molar-refractivity contribution < 1.29 is 14.2 Å². The maximum Gasteiger partial charge on any atom is 0.171 e. The van der Waals surface area contributed by atoms with E-state index in [1.807, 2.05) is 0 Å². The monoisotopic (exact) mass is 332 g/mol. The predicted molar refractivity (Wildman–Crippen MR) is 92.6 cm³/mol. The third kappa shape index (κ3) is 1.90. The molecule has 0 amide bonds. The summed E-state index contributed by atoms with van der Waals surface area (Å²) in [6.45, 7) is 3.59. The smallest absolute Gasteiger partial charge is 0.171 e. The minimum atomic E-state index is -0.353. The molecule has 0 aromatic heterocycles. The Morgan fingerprint density at radius 1 is 1.00 bits per heavy atom. The van der Waals surface area contributed by atoms with Crippen LogP contribution in [0.4, 0.5) is 0 Å². The highest BCUT2D eigenvalue weighted by Crippen LogP contribution is 2.68. The first kappa shape index (κ1) is 15.8. The third-order valence-electron chi connectivity index (χ3n) is 8.90. The summed E-state index contributed by atoms with van der Waals surface area (Å²) >= 11 is 0. The summed E-state index contributed by atoms with van der Waals surface area (Å²) in [6.07, 6.45) is 11.3. The zero-order chi connectivity index (χ0) is 16.6. The molecule has 3 fully saturated rings. The molecule has 4 aliphatic carbocycles. The minimum absolute atomic E-state index is 0.283. The Morgan fingerprint density at radius 2 is 1.79 bits per heavy atom. The molecule has 24 heavy (non-hydrogen) atoms. The standard InChI is InChI=1S/C21H32O3/c1-19-9-6-16-15-7-11-21(22-2,23-3)12-14(15)4-5-17(16)18(19)8-10-20(19)13-24-20/h16-18H,4-13H2,1-3H3/t16-,17-,18+,19+,20-/m1/s1. The van der Waals surface area contributed by atoms with E-state index in [1.54, 1.807) is 25.4 Å². The summed E-state index contributed by atoms with van der Waals surface area (Å²) in [5, 5.41) is 0. The van der Waals surface area contributed by atoms with Crippen molar-refractivity contribution in [2.45, 2.75) is 76.1 Å². The van der Waals surface area contributed by atoms with Crippen LogP contribution in [0.1, 0.15) is 64.7 Å². The molecule has 134 valence electrons. The fourth-order valence-corrected chi connectivity index (χ4v) is 7.27. The number of ether oxygens (including phenoxy) is 3. The van der Waals surface area contributed by atoms with E-state index in [9.17, 15) is 0 Å². The Morgan fingerprint density at radius 3 is 2.50 bits per heavy atom. The van der Waals surface area contributed by atoms with Crippen molar-refractivity contribution in [3.8, 4) is 0 Å². The molecule has 5 aliphatic rings. The SMILES string of the molecule is COC1(OC)CCC2=C(CC[C@@H]3[C@@H]2CC[C@@]2(C)[C@H]3CC[C@@]23CO3)C1. The van der Waals surface area contributed by atoms with Gasteiger partial charge in [0.05, 0.1) is 12.2 Å². The number of hydrogen-bond acceptors (Lipinski definition) is 3. The van der Waals surface area contributed by atoms with Gasteiger partial charge in [0.1, 0.15) is 0 Å². The van der Waals surface area contributed by atoms with Crippen LogP contribution in [-0.2, 0) is 14.2 Å². The summed E-state index contributed by atoms with van der Waals surface area (Å²) < 4.78 is 17.5. The first-order valence-electron chi connectivity index (χ1n) is 10.0. The second kappa shape index (κ2) is 5.08. The van der Waals surface area contributed by atoms with Gasteiger partial charge < -0.3 is 14.2 Å². The summed E-state index contributed by atoms with van der Waals surface area (Å²) in [7, 11) is 3.61. The number of rotatable bonds is 2. The van der Waals surface area contributed by atoms with E-state index >= 15 is 0 Å². The Bertz CT molecular complexity index is 572. The largest absolute Gasteiger partial charge is 0.369 e. The van der Waals surface area contributed by atoms with Crippen LogP contribution >= 0.6 is 0 Å². The summed E-state index contributed by atoms with van der Waals surface area (Å²) in [5.74, 6) is 2.29. The topological polar surface area (TPSA) is 31.0 Å². The Balaban J connectivity index is 1.43. The van der Waals surface area contributed by atoms with Crippen molar-refractivity contribution in [3.05, 3.63) is 11.1 Å². The molecule has 0 bridgehead atoms. The van der Waals surface area contributed by atoms with Gasteiger partial charge in [0, 0.05) is 32.5 Å². The van der Waals surface area contributed by atoms with Crippen molar-refractivity contribution in [2.24, 2.45) is 23.2 Å². The molecule has 1 aliphatic heterocycles. The molecule has 5 atom stereocenters. The lowest BCUT2D eigenvalue weighted by Gasteiger charge is -2.52. The molecule has 1 spiro atoms. The molecule has 1 heterocycles. The fourth-order valence-electron chi connectivity index (χ4n) is 7.27. The van der Waals surface area contributed by atoms with Crippen LogP contribution in [0.2, 0.25) is 0 Å². The van der Waals surface area contributed by atoms with Crippen molar-refractivity contribution in [1.29, 1.82) is 0 Å². The van der Waals surface area contributed by atoms with E-state index in [1.165, 1.54) is 44.9 Å². The van der Waals surface area contributed by atoms with E-state index in [0.717, 1.165) is 37.2 Å². The minimum Gasteiger partial charge on any atom is -0.369 e. The molecular formula is C21H32O3. The highest BCUT2D eigenvalue weighted by molar-refractivity contribution is 5.29. The van der Waals surface area contributed by atoms with E-state index < -0.39 is 0 Å². The van der Waals surface area contributed by atoms with Gasteiger partial charge in [-0.05, 0) is 62.7 Å². The van der Waals surface area contributed by atoms with E-state index in [2.05, 4.69) is 6.92 Å². The number of methoxy groups -OCH3 is 2. The lowest BCUT2D eigenvalue weighted by atomic mass is 9.53. The van der Waals surface area contributed by atoms with Crippen LogP contribution in [-0.4, -0.2) is 32.2 Å². The Hall–Kier alpha value is -0.380. The maximum atomic E-state index is 6.03. The second-order valence-electron chi connectivity index (χ2n) is 9.32. The molecule has 2 saturated carbocycles. The first-order valence-corrected chi connectivity index (χ1v) is 10.0. The average Bonchev–Trinajstić information content (AvgIpc) is 3.35. The highest BCUT2D eigenvalue weighted by atomic mass is 16.7. The molecule has 0 N–H and O–H groups in total. The fraction of sp³-hybridized carbons (Fsp3) is 0.905. The zero-order valence-electron chi connectivity index (χ0n) is 15.5. The van der Waals surface area contributed by atoms with Crippen molar-refractivity contribution in [2.75, 3.05) is 20.8 Å². The van der Waals surface area contributed by atoms with Gasteiger partial charge in [-0.1, -0.05) is 18.1 Å². The zero-order valence-corrected chi connectivity index (χ0v) is 15.5. The predicted octanol–water partition coefficient (Wildman–Crippen LogP) is 4.46. The van der Waals surface area contributed by atoms with Gasteiger partial charge in [0.15, 0.2) is 5.79 Å². The number of hydrogen-bond donors (Lipinski definition) is 0. The molecule has 0 aromatic rings. The maximum absolute atomic E-state index is 6.03.